The molecule has 4 aromatic carbocycles. The minimum atomic E-state index is 0. The topological polar surface area (TPSA) is 0 Å². The van der Waals surface area contributed by atoms with E-state index in [0.717, 1.165) is 0 Å². The SMILES string of the molecule is C.CCC.CCC.c1cc2ccc3cccc4ccc(c1)c2c34. The Morgan fingerprint density at radius 2 is 0.696 bits per heavy atom. The molecular weight excluding hydrogens is 276 g/mol. The van der Waals surface area contributed by atoms with Crippen molar-refractivity contribution in [2.24, 2.45) is 0 Å². The van der Waals surface area contributed by atoms with Crippen LogP contribution in [0.25, 0.3) is 32.3 Å². The molecule has 0 heteroatoms. The Bertz CT molecular complexity index is 695. The number of hydrogen-bond acceptors (Lipinski definition) is 0. The van der Waals surface area contributed by atoms with Gasteiger partial charge in [-0.05, 0) is 32.3 Å². The van der Waals surface area contributed by atoms with Crippen LogP contribution in [-0.2, 0) is 0 Å². The summed E-state index contributed by atoms with van der Waals surface area (Å²) < 4.78 is 0. The first-order valence-corrected chi connectivity index (χ1v) is 8.39. The molecule has 0 amide bonds. The third kappa shape index (κ3) is 4.01. The second kappa shape index (κ2) is 9.15. The molecule has 0 radical (unpaired) electrons. The summed E-state index contributed by atoms with van der Waals surface area (Å²) in [5.74, 6) is 0. The highest BCUT2D eigenvalue weighted by Gasteiger charge is 2.05. The van der Waals surface area contributed by atoms with Crippen molar-refractivity contribution < 1.29 is 0 Å². The number of benzene rings is 4. The molecule has 0 heterocycles. The van der Waals surface area contributed by atoms with Gasteiger partial charge in [-0.1, -0.05) is 109 Å². The van der Waals surface area contributed by atoms with Crippen molar-refractivity contribution in [1.29, 1.82) is 0 Å². The Labute approximate surface area is 141 Å². The summed E-state index contributed by atoms with van der Waals surface area (Å²) in [6, 6.07) is 21.9. The molecule has 0 nitrogen and oxygen atoms in total. The zero-order valence-electron chi connectivity index (χ0n) is 14.2. The molecule has 0 aliphatic rings. The van der Waals surface area contributed by atoms with E-state index in [0.29, 0.717) is 0 Å². The van der Waals surface area contributed by atoms with E-state index < -0.39 is 0 Å². The van der Waals surface area contributed by atoms with Gasteiger partial charge < -0.3 is 0 Å². The molecule has 122 valence electrons. The quantitative estimate of drug-likeness (QED) is 0.288. The van der Waals surface area contributed by atoms with E-state index >= 15 is 0 Å². The van der Waals surface area contributed by atoms with Crippen LogP contribution >= 0.6 is 0 Å². The second-order valence-corrected chi connectivity index (χ2v) is 5.70. The Morgan fingerprint density at radius 1 is 0.478 bits per heavy atom. The third-order valence-corrected chi connectivity index (χ3v) is 3.39. The molecule has 0 saturated heterocycles. The van der Waals surface area contributed by atoms with Gasteiger partial charge in [0, 0.05) is 0 Å². The van der Waals surface area contributed by atoms with Crippen molar-refractivity contribution in [2.75, 3.05) is 0 Å². The third-order valence-electron chi connectivity index (χ3n) is 3.39. The molecule has 4 aromatic rings. The highest BCUT2D eigenvalue weighted by Crippen LogP contribution is 2.33. The van der Waals surface area contributed by atoms with Gasteiger partial charge in [0.05, 0.1) is 0 Å². The molecule has 0 unspecified atom stereocenters. The summed E-state index contributed by atoms with van der Waals surface area (Å²) in [4.78, 5) is 0. The highest BCUT2D eigenvalue weighted by atomic mass is 14.1. The first-order valence-electron chi connectivity index (χ1n) is 8.39. The summed E-state index contributed by atoms with van der Waals surface area (Å²) in [5, 5.41) is 8.14. The van der Waals surface area contributed by atoms with Crippen LogP contribution in [0.5, 0.6) is 0 Å². The Kier molecular flexibility index (Phi) is 7.54. The minimum Gasteiger partial charge on any atom is -0.0776 e. The summed E-state index contributed by atoms with van der Waals surface area (Å²) in [5.41, 5.74) is 0. The number of hydrogen-bond donors (Lipinski definition) is 0. The van der Waals surface area contributed by atoms with Gasteiger partial charge in [0.25, 0.3) is 0 Å². The zero-order chi connectivity index (χ0) is 15.9. The Balaban J connectivity index is 0.000000335. The molecule has 23 heavy (non-hydrogen) atoms. The minimum absolute atomic E-state index is 0. The molecule has 0 bridgehead atoms. The van der Waals surface area contributed by atoms with Crippen LogP contribution in [0.2, 0.25) is 0 Å². The molecule has 0 atom stereocenters. The van der Waals surface area contributed by atoms with E-state index in [-0.39, 0.29) is 7.43 Å². The van der Waals surface area contributed by atoms with E-state index in [4.69, 9.17) is 0 Å². The molecule has 0 N–H and O–H groups in total. The lowest BCUT2D eigenvalue weighted by Gasteiger charge is -2.09. The van der Waals surface area contributed by atoms with Gasteiger partial charge in [-0.25, -0.2) is 0 Å². The summed E-state index contributed by atoms with van der Waals surface area (Å²) in [6.07, 6.45) is 2.50. The lowest BCUT2D eigenvalue weighted by molar-refractivity contribution is 1.09. The van der Waals surface area contributed by atoms with Gasteiger partial charge in [0.1, 0.15) is 0 Å². The van der Waals surface area contributed by atoms with Crippen LogP contribution in [0, 0.1) is 0 Å². The van der Waals surface area contributed by atoms with Gasteiger partial charge in [0.2, 0.25) is 0 Å². The van der Waals surface area contributed by atoms with Crippen molar-refractivity contribution in [3.63, 3.8) is 0 Å². The molecule has 0 fully saturated rings. The fourth-order valence-corrected chi connectivity index (χ4v) is 2.67. The van der Waals surface area contributed by atoms with E-state index in [1.165, 1.54) is 45.2 Å². The Morgan fingerprint density at radius 3 is 0.913 bits per heavy atom. The molecule has 0 aliphatic carbocycles. The standard InChI is InChI=1S/C16H10.2C3H8.CH4/c1-3-11-7-9-13-5-2-6-14-10-8-12(4-1)15(11)16(13)14;2*1-3-2;/h1-10H;2*3H2,1-2H3;1H4. The van der Waals surface area contributed by atoms with E-state index in [2.05, 4.69) is 88.4 Å². The van der Waals surface area contributed by atoms with Crippen molar-refractivity contribution >= 4 is 32.3 Å². The zero-order valence-corrected chi connectivity index (χ0v) is 14.2. The summed E-state index contributed by atoms with van der Waals surface area (Å²) in [7, 11) is 0. The van der Waals surface area contributed by atoms with Crippen LogP contribution in [0.3, 0.4) is 0 Å². The van der Waals surface area contributed by atoms with Gasteiger partial charge in [-0.3, -0.25) is 0 Å². The van der Waals surface area contributed by atoms with E-state index in [9.17, 15) is 0 Å². The first kappa shape index (κ1) is 19.0. The lowest BCUT2D eigenvalue weighted by atomic mass is 9.95. The van der Waals surface area contributed by atoms with E-state index in [1.54, 1.807) is 0 Å². The van der Waals surface area contributed by atoms with Crippen molar-refractivity contribution in [3.8, 4) is 0 Å². The predicted molar refractivity (Wildman–Crippen MR) is 109 cm³/mol. The molecule has 0 aliphatic heterocycles. The average molecular weight is 306 g/mol. The van der Waals surface area contributed by atoms with Gasteiger partial charge in [0.15, 0.2) is 0 Å². The molecule has 0 spiro atoms. The lowest BCUT2D eigenvalue weighted by Crippen LogP contribution is -1.82. The maximum atomic E-state index is 2.21. The highest BCUT2D eigenvalue weighted by molar-refractivity contribution is 6.22. The molecule has 4 rings (SSSR count). The monoisotopic (exact) mass is 306 g/mol. The summed E-state index contributed by atoms with van der Waals surface area (Å²) in [6.45, 7) is 8.50. The molecule has 0 saturated carbocycles. The van der Waals surface area contributed by atoms with Crippen molar-refractivity contribution in [1.82, 2.24) is 0 Å². The number of rotatable bonds is 0. The molecular formula is C23H30. The van der Waals surface area contributed by atoms with Crippen molar-refractivity contribution in [3.05, 3.63) is 60.7 Å². The van der Waals surface area contributed by atoms with Gasteiger partial charge in [-0.2, -0.15) is 0 Å². The Hall–Kier alpha value is -2.08. The maximum Gasteiger partial charge on any atom is -0.00268 e. The van der Waals surface area contributed by atoms with E-state index in [1.807, 2.05) is 0 Å². The molecule has 0 aromatic heterocycles. The van der Waals surface area contributed by atoms with Gasteiger partial charge >= 0.3 is 0 Å². The fourth-order valence-electron chi connectivity index (χ4n) is 2.67. The second-order valence-electron chi connectivity index (χ2n) is 5.70. The van der Waals surface area contributed by atoms with Crippen LogP contribution in [-0.4, -0.2) is 0 Å². The fraction of sp³-hybridized carbons (Fsp3) is 0.304. The largest absolute Gasteiger partial charge is 0.0776 e. The predicted octanol–water partition coefficient (Wildman–Crippen LogP) is 8.05. The smallest absolute Gasteiger partial charge is 0.00268 e. The van der Waals surface area contributed by atoms with Gasteiger partial charge in [-0.15, -0.1) is 0 Å². The summed E-state index contributed by atoms with van der Waals surface area (Å²) >= 11 is 0. The van der Waals surface area contributed by atoms with Crippen molar-refractivity contribution in [2.45, 2.75) is 48.0 Å². The first-order chi connectivity index (χ1) is 10.8. The van der Waals surface area contributed by atoms with Crippen LogP contribution < -0.4 is 0 Å². The van der Waals surface area contributed by atoms with Crippen LogP contribution in [0.1, 0.15) is 48.0 Å². The maximum absolute atomic E-state index is 2.21. The normalized spacial score (nSPS) is 9.74. The van der Waals surface area contributed by atoms with Crippen LogP contribution in [0.15, 0.2) is 60.7 Å². The average Bonchev–Trinajstić information content (AvgIpc) is 2.54. The van der Waals surface area contributed by atoms with Crippen LogP contribution in [0.4, 0.5) is 0 Å².